The predicted molar refractivity (Wildman–Crippen MR) is 157 cm³/mol. The third-order valence-corrected chi connectivity index (χ3v) is 9.23. The maximum absolute atomic E-state index is 13.8. The molecule has 0 fully saturated rings. The molecule has 2 amide bonds. The van der Waals surface area contributed by atoms with Gasteiger partial charge in [0.2, 0.25) is 10.0 Å². The van der Waals surface area contributed by atoms with Crippen LogP contribution in [0.4, 0.5) is 10.5 Å². The Morgan fingerprint density at radius 1 is 1.12 bits per heavy atom. The number of benzene rings is 3. The van der Waals surface area contributed by atoms with Gasteiger partial charge in [0.05, 0.1) is 27.4 Å². The molecule has 0 bridgehead atoms. The summed E-state index contributed by atoms with van der Waals surface area (Å²) in [7, 11) is 0.779. The highest BCUT2D eigenvalue weighted by Crippen LogP contribution is 2.38. The molecule has 220 valence electrons. The van der Waals surface area contributed by atoms with E-state index in [1.807, 2.05) is 31.2 Å². The van der Waals surface area contributed by atoms with Crippen molar-refractivity contribution in [1.82, 2.24) is 9.21 Å². The molecule has 4 rings (SSSR count). The zero-order valence-corrected chi connectivity index (χ0v) is 24.7. The van der Waals surface area contributed by atoms with Crippen molar-refractivity contribution in [3.05, 3.63) is 66.7 Å². The number of nitrogens with zero attached hydrogens (tertiary/aromatic N) is 2. The second-order valence-electron chi connectivity index (χ2n) is 10.1. The molecule has 1 aliphatic rings. The van der Waals surface area contributed by atoms with E-state index >= 15 is 0 Å². The summed E-state index contributed by atoms with van der Waals surface area (Å²) in [6.45, 7) is 3.48. The highest BCUT2D eigenvalue weighted by Gasteiger charge is 2.38. The Balaban J connectivity index is 1.70. The van der Waals surface area contributed by atoms with Crippen LogP contribution in [0, 0.1) is 5.92 Å². The fourth-order valence-corrected chi connectivity index (χ4v) is 6.59. The number of anilines is 1. The van der Waals surface area contributed by atoms with Gasteiger partial charge in [-0.25, -0.2) is 13.2 Å². The van der Waals surface area contributed by atoms with Gasteiger partial charge in [0, 0.05) is 42.9 Å². The lowest BCUT2D eigenvalue weighted by Gasteiger charge is -2.37. The minimum atomic E-state index is -4.00. The Labute approximate surface area is 241 Å². The first kappa shape index (κ1) is 30.2. The fourth-order valence-electron chi connectivity index (χ4n) is 4.77. The first-order valence-corrected chi connectivity index (χ1v) is 14.8. The average Bonchev–Trinajstić information content (AvgIpc) is 2.98. The molecule has 0 radical (unpaired) electrons. The van der Waals surface area contributed by atoms with Crippen molar-refractivity contribution in [3.8, 4) is 28.4 Å². The Morgan fingerprint density at radius 2 is 1.88 bits per heavy atom. The first-order valence-electron chi connectivity index (χ1n) is 13.3. The fraction of sp³-hybridized carbons (Fsp3) is 0.367. The molecule has 0 unspecified atom stereocenters. The number of aliphatic hydroxyl groups is 1. The van der Waals surface area contributed by atoms with Gasteiger partial charge in [-0.05, 0) is 42.8 Å². The monoisotopic (exact) mass is 583 g/mol. The van der Waals surface area contributed by atoms with Crippen LogP contribution in [-0.4, -0.2) is 81.9 Å². The minimum absolute atomic E-state index is 0.00293. The molecule has 11 heteroatoms. The van der Waals surface area contributed by atoms with E-state index in [1.54, 1.807) is 64.6 Å². The van der Waals surface area contributed by atoms with Crippen molar-refractivity contribution in [2.24, 2.45) is 5.92 Å². The summed E-state index contributed by atoms with van der Waals surface area (Å²) in [4.78, 5) is 14.6. The summed E-state index contributed by atoms with van der Waals surface area (Å²) >= 11 is 0. The van der Waals surface area contributed by atoms with E-state index in [0.29, 0.717) is 22.7 Å². The second-order valence-corrected chi connectivity index (χ2v) is 12.0. The summed E-state index contributed by atoms with van der Waals surface area (Å²) in [5.74, 6) is 1.09. The topological polar surface area (TPSA) is 118 Å². The number of likely N-dealkylation sites (N-methyl/N-ethyl adjacent to an activating group) is 1. The Bertz CT molecular complexity index is 1480. The van der Waals surface area contributed by atoms with E-state index in [0.717, 1.165) is 5.56 Å². The number of nitrogens with one attached hydrogen (secondary N) is 1. The molecule has 0 aliphatic carbocycles. The van der Waals surface area contributed by atoms with Gasteiger partial charge in [0.25, 0.3) is 0 Å². The quantitative estimate of drug-likeness (QED) is 0.406. The van der Waals surface area contributed by atoms with Crippen LogP contribution in [0.1, 0.15) is 13.8 Å². The number of para-hydroxylation sites is 1. The summed E-state index contributed by atoms with van der Waals surface area (Å²) in [5.41, 5.74) is 2.07. The smallest absolute Gasteiger partial charge is 0.321 e. The lowest BCUT2D eigenvalue weighted by atomic mass is 10.0. The third kappa shape index (κ3) is 6.58. The molecule has 3 atom stereocenters. The van der Waals surface area contributed by atoms with Gasteiger partial charge in [0.15, 0.2) is 0 Å². The molecule has 3 aromatic carbocycles. The molecule has 41 heavy (non-hydrogen) atoms. The predicted octanol–water partition coefficient (Wildman–Crippen LogP) is 4.30. The van der Waals surface area contributed by atoms with Gasteiger partial charge in [0.1, 0.15) is 28.2 Å². The number of amides is 2. The molecule has 0 saturated carbocycles. The van der Waals surface area contributed by atoms with Crippen LogP contribution < -0.4 is 19.5 Å². The van der Waals surface area contributed by atoms with Crippen LogP contribution in [0.2, 0.25) is 0 Å². The van der Waals surface area contributed by atoms with Gasteiger partial charge < -0.3 is 29.5 Å². The number of hydrogen-bond acceptors (Lipinski definition) is 7. The van der Waals surface area contributed by atoms with Gasteiger partial charge in [-0.1, -0.05) is 37.3 Å². The summed E-state index contributed by atoms with van der Waals surface area (Å²) < 4.78 is 46.1. The molecule has 0 aromatic heterocycles. The number of carbonyl (C=O) groups is 1. The van der Waals surface area contributed by atoms with Crippen LogP contribution in [0.3, 0.4) is 0 Å². The molecular formula is C30H37N3O7S. The van der Waals surface area contributed by atoms with Gasteiger partial charge in [-0.15, -0.1) is 0 Å². The number of methoxy groups -OCH3 is 2. The van der Waals surface area contributed by atoms with Gasteiger partial charge in [-0.2, -0.15) is 4.31 Å². The maximum atomic E-state index is 13.8. The average molecular weight is 584 g/mol. The third-order valence-electron chi connectivity index (χ3n) is 7.21. The molecule has 3 aromatic rings. The van der Waals surface area contributed by atoms with E-state index in [4.69, 9.17) is 14.2 Å². The maximum Gasteiger partial charge on any atom is 0.321 e. The number of fused-ring (bicyclic) bond motifs is 1. The van der Waals surface area contributed by atoms with E-state index in [1.165, 1.54) is 15.3 Å². The Morgan fingerprint density at radius 3 is 2.59 bits per heavy atom. The largest absolute Gasteiger partial charge is 0.497 e. The van der Waals surface area contributed by atoms with Crippen LogP contribution in [0.25, 0.3) is 11.1 Å². The second kappa shape index (κ2) is 12.8. The lowest BCUT2D eigenvalue weighted by molar-refractivity contribution is 0.0830. The number of rotatable bonds is 8. The van der Waals surface area contributed by atoms with Crippen molar-refractivity contribution in [3.63, 3.8) is 0 Å². The van der Waals surface area contributed by atoms with Crippen molar-refractivity contribution in [2.45, 2.75) is 30.9 Å². The highest BCUT2D eigenvalue weighted by atomic mass is 32.2. The molecule has 0 spiro atoms. The number of urea groups is 1. The molecule has 1 aliphatic heterocycles. The van der Waals surface area contributed by atoms with Crippen molar-refractivity contribution < 1.29 is 32.5 Å². The zero-order chi connectivity index (χ0) is 29.7. The Kier molecular flexibility index (Phi) is 9.42. The van der Waals surface area contributed by atoms with Crippen molar-refractivity contribution in [2.75, 3.05) is 46.3 Å². The summed E-state index contributed by atoms with van der Waals surface area (Å²) in [5, 5.41) is 12.8. The van der Waals surface area contributed by atoms with Gasteiger partial charge >= 0.3 is 6.03 Å². The number of hydrogen-bond donors (Lipinski definition) is 2. The van der Waals surface area contributed by atoms with Crippen LogP contribution >= 0.6 is 0 Å². The number of ether oxygens (including phenoxy) is 3. The molecule has 0 saturated heterocycles. The number of sulfonamides is 1. The standard InChI is InChI=1S/C30H37N3O7S/c1-20-17-33(21(2)19-34)41(36,37)29-14-13-22(25-11-6-7-12-26(25)39-5)15-27(29)40-28(20)18-32(3)30(35)31-23-9-8-10-24(16-23)38-4/h6-16,20-21,28,34H,17-19H2,1-5H3,(H,31,35)/t20-,21-,28+/m0/s1. The lowest BCUT2D eigenvalue weighted by Crippen LogP contribution is -2.50. The van der Waals surface area contributed by atoms with Crippen molar-refractivity contribution >= 4 is 21.7 Å². The van der Waals surface area contributed by atoms with E-state index in [-0.39, 0.29) is 42.3 Å². The Hall–Kier alpha value is -3.80. The summed E-state index contributed by atoms with van der Waals surface area (Å²) in [6, 6.07) is 18.4. The van der Waals surface area contributed by atoms with Crippen LogP contribution in [0.5, 0.6) is 17.2 Å². The molecule has 1 heterocycles. The number of aliphatic hydroxyl groups excluding tert-OH is 1. The molecular weight excluding hydrogens is 546 g/mol. The summed E-state index contributed by atoms with van der Waals surface area (Å²) in [6.07, 6.45) is -0.563. The number of carbonyl (C=O) groups excluding carboxylic acids is 1. The minimum Gasteiger partial charge on any atom is -0.497 e. The SMILES string of the molecule is COc1cccc(NC(=O)N(C)C[C@H]2Oc3cc(-c4ccccc4OC)ccc3S(=O)(=O)N([C@@H](C)CO)C[C@@H]2C)c1. The van der Waals surface area contributed by atoms with E-state index in [2.05, 4.69) is 5.32 Å². The molecule has 2 N–H and O–H groups in total. The molecule has 10 nitrogen and oxygen atoms in total. The van der Waals surface area contributed by atoms with E-state index in [9.17, 15) is 18.3 Å². The van der Waals surface area contributed by atoms with Crippen LogP contribution in [0.15, 0.2) is 71.6 Å². The first-order chi connectivity index (χ1) is 19.6. The zero-order valence-electron chi connectivity index (χ0n) is 23.9. The highest BCUT2D eigenvalue weighted by molar-refractivity contribution is 7.89. The van der Waals surface area contributed by atoms with Gasteiger partial charge in [-0.3, -0.25) is 0 Å². The normalized spacial score (nSPS) is 19.1. The van der Waals surface area contributed by atoms with Crippen molar-refractivity contribution in [1.29, 1.82) is 0 Å². The van der Waals surface area contributed by atoms with Crippen LogP contribution in [-0.2, 0) is 10.0 Å². The van der Waals surface area contributed by atoms with E-state index < -0.39 is 22.2 Å².